The fourth-order valence-corrected chi connectivity index (χ4v) is 2.08. The van der Waals surface area contributed by atoms with Gasteiger partial charge in [-0.05, 0) is 19.0 Å². The fourth-order valence-electron chi connectivity index (χ4n) is 2.08. The smallest absolute Gasteiger partial charge is 0.227 e. The van der Waals surface area contributed by atoms with E-state index in [0.717, 1.165) is 16.6 Å². The van der Waals surface area contributed by atoms with Crippen molar-refractivity contribution in [1.82, 2.24) is 4.57 Å². The van der Waals surface area contributed by atoms with E-state index in [0.29, 0.717) is 13.0 Å². The summed E-state index contributed by atoms with van der Waals surface area (Å²) in [6.45, 7) is 2.43. The maximum absolute atomic E-state index is 12.0. The molecule has 0 aliphatic heterocycles. The second-order valence-corrected chi connectivity index (χ2v) is 4.64. The molecule has 1 heterocycles. The molecule has 1 atom stereocenters. The van der Waals surface area contributed by atoms with E-state index in [9.17, 15) is 4.79 Å². The molecule has 0 spiro atoms. The summed E-state index contributed by atoms with van der Waals surface area (Å²) in [7, 11) is 1.97. The van der Waals surface area contributed by atoms with Crippen LogP contribution in [0, 0.1) is 5.92 Å². The summed E-state index contributed by atoms with van der Waals surface area (Å²) in [6.07, 6.45) is 2.65. The van der Waals surface area contributed by atoms with Crippen LogP contribution in [0.3, 0.4) is 0 Å². The predicted octanol–water partition coefficient (Wildman–Crippen LogP) is 2.10. The number of anilines is 1. The molecule has 18 heavy (non-hydrogen) atoms. The lowest BCUT2D eigenvalue weighted by Crippen LogP contribution is -2.22. The van der Waals surface area contributed by atoms with Gasteiger partial charge < -0.3 is 15.6 Å². The zero-order valence-electron chi connectivity index (χ0n) is 10.8. The summed E-state index contributed by atoms with van der Waals surface area (Å²) in [4.78, 5) is 12.0. The van der Waals surface area contributed by atoms with Crippen molar-refractivity contribution >= 4 is 22.5 Å². The average molecular weight is 245 g/mol. The fraction of sp³-hybridized carbons (Fsp3) is 0.357. The number of carbonyl (C=O) groups excluding carboxylic acids is 1. The summed E-state index contributed by atoms with van der Waals surface area (Å²) in [5.74, 6) is -0.0363. The highest BCUT2D eigenvalue weighted by Crippen LogP contribution is 2.25. The Labute approximate surface area is 107 Å². The van der Waals surface area contributed by atoms with Crippen molar-refractivity contribution in [2.24, 2.45) is 18.7 Å². The van der Waals surface area contributed by atoms with Crippen LogP contribution < -0.4 is 11.1 Å². The van der Waals surface area contributed by atoms with E-state index in [4.69, 9.17) is 5.73 Å². The third kappa shape index (κ3) is 2.38. The summed E-state index contributed by atoms with van der Waals surface area (Å²) in [6, 6.07) is 8.01. The molecule has 4 heteroatoms. The molecule has 2 rings (SSSR count). The quantitative estimate of drug-likeness (QED) is 0.866. The molecule has 96 valence electrons. The zero-order chi connectivity index (χ0) is 13.1. The number of carbonyl (C=O) groups is 1. The van der Waals surface area contributed by atoms with Crippen molar-refractivity contribution in [1.29, 1.82) is 0 Å². The number of aryl methyl sites for hydroxylation is 1. The second kappa shape index (κ2) is 5.23. The molecular weight excluding hydrogens is 226 g/mol. The lowest BCUT2D eigenvalue weighted by atomic mass is 10.1. The van der Waals surface area contributed by atoms with Crippen molar-refractivity contribution < 1.29 is 4.79 Å². The van der Waals surface area contributed by atoms with Crippen LogP contribution >= 0.6 is 0 Å². The first-order valence-electron chi connectivity index (χ1n) is 6.18. The Balaban J connectivity index is 2.24. The largest absolute Gasteiger partial charge is 0.348 e. The number of benzene rings is 1. The van der Waals surface area contributed by atoms with Gasteiger partial charge in [0.15, 0.2) is 0 Å². The standard InChI is InChI=1S/C14H19N3O/c1-10(7-8-15)14(18)16-12-9-17(2)13-6-4-3-5-11(12)13/h3-6,9-10H,7-8,15H2,1-2H3,(H,16,18). The molecule has 0 bridgehead atoms. The van der Waals surface area contributed by atoms with Crippen molar-refractivity contribution in [2.75, 3.05) is 11.9 Å². The third-order valence-electron chi connectivity index (χ3n) is 3.20. The van der Waals surface area contributed by atoms with Crippen molar-refractivity contribution in [3.8, 4) is 0 Å². The minimum absolute atomic E-state index is 0.0248. The van der Waals surface area contributed by atoms with Gasteiger partial charge in [0, 0.05) is 30.1 Å². The minimum Gasteiger partial charge on any atom is -0.348 e. The number of nitrogens with zero attached hydrogens (tertiary/aromatic N) is 1. The number of nitrogens with two attached hydrogens (primary N) is 1. The Morgan fingerprint density at radius 2 is 2.17 bits per heavy atom. The Kier molecular flexibility index (Phi) is 3.67. The SMILES string of the molecule is CC(CCN)C(=O)Nc1cn(C)c2ccccc12. The molecule has 0 aliphatic carbocycles. The van der Waals surface area contributed by atoms with Gasteiger partial charge in [0.05, 0.1) is 5.69 Å². The van der Waals surface area contributed by atoms with Crippen LogP contribution in [0.2, 0.25) is 0 Å². The first-order valence-corrected chi connectivity index (χ1v) is 6.18. The van der Waals surface area contributed by atoms with E-state index in [1.165, 1.54) is 0 Å². The lowest BCUT2D eigenvalue weighted by molar-refractivity contribution is -0.119. The van der Waals surface area contributed by atoms with Gasteiger partial charge in [-0.3, -0.25) is 4.79 Å². The molecule has 1 aromatic carbocycles. The zero-order valence-corrected chi connectivity index (χ0v) is 10.8. The first kappa shape index (κ1) is 12.6. The molecule has 0 saturated carbocycles. The molecule has 1 unspecified atom stereocenters. The van der Waals surface area contributed by atoms with Crippen molar-refractivity contribution in [2.45, 2.75) is 13.3 Å². The predicted molar refractivity (Wildman–Crippen MR) is 74.4 cm³/mol. The van der Waals surface area contributed by atoms with Crippen LogP contribution in [0.4, 0.5) is 5.69 Å². The summed E-state index contributed by atoms with van der Waals surface area (Å²) >= 11 is 0. The van der Waals surface area contributed by atoms with E-state index in [1.54, 1.807) is 0 Å². The molecule has 1 aromatic heterocycles. The molecule has 0 radical (unpaired) electrons. The van der Waals surface area contributed by atoms with Crippen molar-refractivity contribution in [3.63, 3.8) is 0 Å². The maximum Gasteiger partial charge on any atom is 0.227 e. The van der Waals surface area contributed by atoms with E-state index >= 15 is 0 Å². The van der Waals surface area contributed by atoms with E-state index in [-0.39, 0.29) is 11.8 Å². The molecule has 0 fully saturated rings. The number of fused-ring (bicyclic) bond motifs is 1. The summed E-state index contributed by atoms with van der Waals surface area (Å²) < 4.78 is 2.01. The number of aromatic nitrogens is 1. The van der Waals surface area contributed by atoms with Crippen LogP contribution in [-0.4, -0.2) is 17.0 Å². The van der Waals surface area contributed by atoms with Gasteiger partial charge in [-0.25, -0.2) is 0 Å². The number of para-hydroxylation sites is 1. The van der Waals surface area contributed by atoms with Gasteiger partial charge in [-0.1, -0.05) is 25.1 Å². The van der Waals surface area contributed by atoms with Crippen LogP contribution in [0.25, 0.3) is 10.9 Å². The summed E-state index contributed by atoms with van der Waals surface area (Å²) in [5, 5.41) is 4.04. The van der Waals surface area contributed by atoms with Gasteiger partial charge in [-0.2, -0.15) is 0 Å². The van der Waals surface area contributed by atoms with Gasteiger partial charge in [-0.15, -0.1) is 0 Å². The number of amides is 1. The topological polar surface area (TPSA) is 60.1 Å². The third-order valence-corrected chi connectivity index (χ3v) is 3.20. The average Bonchev–Trinajstić information content (AvgIpc) is 2.67. The van der Waals surface area contributed by atoms with Gasteiger partial charge in [0.2, 0.25) is 5.91 Å². The molecule has 2 aromatic rings. The number of rotatable bonds is 4. The molecule has 1 amide bonds. The van der Waals surface area contributed by atoms with Crippen LogP contribution in [0.5, 0.6) is 0 Å². The van der Waals surface area contributed by atoms with Crippen LogP contribution in [0.15, 0.2) is 30.5 Å². The van der Waals surface area contributed by atoms with Crippen LogP contribution in [-0.2, 0) is 11.8 Å². The lowest BCUT2D eigenvalue weighted by Gasteiger charge is -2.10. The molecule has 0 aliphatic rings. The molecule has 4 nitrogen and oxygen atoms in total. The molecule has 0 saturated heterocycles. The molecular formula is C14H19N3O. The maximum atomic E-state index is 12.0. The highest BCUT2D eigenvalue weighted by atomic mass is 16.1. The molecule has 3 N–H and O–H groups in total. The van der Waals surface area contributed by atoms with Gasteiger partial charge in [0.1, 0.15) is 0 Å². The van der Waals surface area contributed by atoms with Gasteiger partial charge in [0.25, 0.3) is 0 Å². The Morgan fingerprint density at radius 1 is 1.44 bits per heavy atom. The Hall–Kier alpha value is -1.81. The normalized spacial score (nSPS) is 12.6. The monoisotopic (exact) mass is 245 g/mol. The van der Waals surface area contributed by atoms with E-state index in [1.807, 2.05) is 49.0 Å². The minimum atomic E-state index is -0.0611. The highest BCUT2D eigenvalue weighted by Gasteiger charge is 2.14. The van der Waals surface area contributed by atoms with Crippen molar-refractivity contribution in [3.05, 3.63) is 30.5 Å². The second-order valence-electron chi connectivity index (χ2n) is 4.64. The highest BCUT2D eigenvalue weighted by molar-refractivity contribution is 6.02. The summed E-state index contributed by atoms with van der Waals surface area (Å²) in [5.41, 5.74) is 7.44. The van der Waals surface area contributed by atoms with Gasteiger partial charge >= 0.3 is 0 Å². The number of nitrogens with one attached hydrogen (secondary N) is 1. The van der Waals surface area contributed by atoms with E-state index < -0.39 is 0 Å². The first-order chi connectivity index (χ1) is 8.63. The Morgan fingerprint density at radius 3 is 2.89 bits per heavy atom. The van der Waals surface area contributed by atoms with E-state index in [2.05, 4.69) is 5.32 Å². The number of hydrogen-bond donors (Lipinski definition) is 2. The number of hydrogen-bond acceptors (Lipinski definition) is 2. The Bertz CT molecular complexity index is 559. The van der Waals surface area contributed by atoms with Crippen LogP contribution in [0.1, 0.15) is 13.3 Å².